The van der Waals surface area contributed by atoms with E-state index in [0.29, 0.717) is 6.54 Å². The Morgan fingerprint density at radius 3 is 2.83 bits per heavy atom. The van der Waals surface area contributed by atoms with Gasteiger partial charge >= 0.3 is 0 Å². The average Bonchev–Trinajstić information content (AvgIpc) is 2.61. The van der Waals surface area contributed by atoms with Crippen molar-refractivity contribution in [2.24, 2.45) is 5.92 Å². The second kappa shape index (κ2) is 7.75. The molecule has 0 saturated carbocycles. The molecule has 126 valence electrons. The van der Waals surface area contributed by atoms with E-state index in [1.165, 1.54) is 0 Å². The van der Waals surface area contributed by atoms with Gasteiger partial charge in [0.2, 0.25) is 5.91 Å². The van der Waals surface area contributed by atoms with Crippen molar-refractivity contribution in [1.29, 1.82) is 0 Å². The molecule has 0 radical (unpaired) electrons. The molecule has 0 bridgehead atoms. The van der Waals surface area contributed by atoms with Crippen LogP contribution in [0.4, 0.5) is 5.82 Å². The Morgan fingerprint density at radius 1 is 1.38 bits per heavy atom. The highest BCUT2D eigenvalue weighted by Gasteiger charge is 2.26. The molecule has 6 heteroatoms. The van der Waals surface area contributed by atoms with Crippen LogP contribution in [0.3, 0.4) is 0 Å². The lowest BCUT2D eigenvalue weighted by Gasteiger charge is -2.33. The summed E-state index contributed by atoms with van der Waals surface area (Å²) in [6.45, 7) is 4.33. The number of carbonyl (C=O) groups is 1. The van der Waals surface area contributed by atoms with Crippen LogP contribution in [0, 0.1) is 12.8 Å². The molecule has 2 aromatic rings. The molecule has 1 amide bonds. The summed E-state index contributed by atoms with van der Waals surface area (Å²) in [6.07, 6.45) is 7.06. The van der Waals surface area contributed by atoms with E-state index in [-0.39, 0.29) is 11.8 Å². The van der Waals surface area contributed by atoms with Gasteiger partial charge in [-0.25, -0.2) is 4.98 Å². The van der Waals surface area contributed by atoms with Crippen molar-refractivity contribution in [3.05, 3.63) is 52.4 Å². The van der Waals surface area contributed by atoms with Crippen LogP contribution >= 0.6 is 15.9 Å². The van der Waals surface area contributed by atoms with Gasteiger partial charge in [-0.15, -0.1) is 0 Å². The summed E-state index contributed by atoms with van der Waals surface area (Å²) < 4.78 is 0.994. The van der Waals surface area contributed by atoms with Gasteiger partial charge in [0.15, 0.2) is 0 Å². The highest BCUT2D eigenvalue weighted by atomic mass is 79.9. The van der Waals surface area contributed by atoms with E-state index in [2.05, 4.69) is 49.1 Å². The molecule has 1 fully saturated rings. The summed E-state index contributed by atoms with van der Waals surface area (Å²) in [6, 6.07) is 5.93. The fraction of sp³-hybridized carbons (Fsp3) is 0.389. The zero-order valence-electron chi connectivity index (χ0n) is 13.7. The minimum atomic E-state index is 0.0775. The normalized spacial score (nSPS) is 15.3. The third-order valence-electron chi connectivity index (χ3n) is 4.37. The maximum absolute atomic E-state index is 12.4. The van der Waals surface area contributed by atoms with Crippen LogP contribution in [0.2, 0.25) is 0 Å². The number of nitrogens with zero attached hydrogens (tertiary/aromatic N) is 3. The van der Waals surface area contributed by atoms with Gasteiger partial charge in [0.25, 0.3) is 0 Å². The summed E-state index contributed by atoms with van der Waals surface area (Å²) in [7, 11) is 0. The lowest BCUT2D eigenvalue weighted by atomic mass is 9.95. The van der Waals surface area contributed by atoms with Crippen LogP contribution in [0.1, 0.15) is 24.0 Å². The number of aromatic nitrogens is 2. The number of amides is 1. The maximum atomic E-state index is 12.4. The number of carbonyl (C=O) groups excluding carboxylic acids is 1. The van der Waals surface area contributed by atoms with Gasteiger partial charge in [0, 0.05) is 48.6 Å². The zero-order valence-corrected chi connectivity index (χ0v) is 15.3. The van der Waals surface area contributed by atoms with Gasteiger partial charge in [-0.3, -0.25) is 9.78 Å². The van der Waals surface area contributed by atoms with Crippen molar-refractivity contribution in [3.63, 3.8) is 0 Å². The molecule has 1 aliphatic rings. The molecular formula is C18H21BrN4O. The van der Waals surface area contributed by atoms with E-state index < -0.39 is 0 Å². The molecule has 0 aromatic carbocycles. The Kier molecular flexibility index (Phi) is 5.45. The molecular weight excluding hydrogens is 368 g/mol. The summed E-state index contributed by atoms with van der Waals surface area (Å²) in [5.74, 6) is 1.24. The third kappa shape index (κ3) is 4.12. The standard InChI is InChI=1S/C18H21BrN4O/c1-13-9-16(19)12-21-17(13)23-7-4-15(5-8-23)18(24)22-11-14-3-2-6-20-10-14/h2-3,6,9-10,12,15H,4-5,7-8,11H2,1H3,(H,22,24). The molecule has 0 spiro atoms. The molecule has 0 aliphatic carbocycles. The molecule has 1 N–H and O–H groups in total. The van der Waals surface area contributed by atoms with Gasteiger partial charge in [-0.1, -0.05) is 6.07 Å². The predicted molar refractivity (Wildman–Crippen MR) is 97.7 cm³/mol. The van der Waals surface area contributed by atoms with Crippen LogP contribution < -0.4 is 10.2 Å². The van der Waals surface area contributed by atoms with Crippen LogP contribution in [0.5, 0.6) is 0 Å². The first kappa shape index (κ1) is 16.9. The Labute approximate surface area is 150 Å². The van der Waals surface area contributed by atoms with E-state index in [1.807, 2.05) is 18.3 Å². The monoisotopic (exact) mass is 388 g/mol. The van der Waals surface area contributed by atoms with Gasteiger partial charge < -0.3 is 10.2 Å². The van der Waals surface area contributed by atoms with E-state index in [1.54, 1.807) is 12.4 Å². The van der Waals surface area contributed by atoms with Crippen LogP contribution in [0.15, 0.2) is 41.3 Å². The van der Waals surface area contributed by atoms with Crippen molar-refractivity contribution < 1.29 is 4.79 Å². The molecule has 0 atom stereocenters. The Balaban J connectivity index is 1.52. The molecule has 3 rings (SSSR count). The predicted octanol–water partition coefficient (Wildman–Crippen LogP) is 3.08. The van der Waals surface area contributed by atoms with Gasteiger partial charge in [0.05, 0.1) is 0 Å². The zero-order chi connectivity index (χ0) is 16.9. The smallest absolute Gasteiger partial charge is 0.223 e. The van der Waals surface area contributed by atoms with Crippen molar-refractivity contribution in [2.45, 2.75) is 26.3 Å². The molecule has 0 unspecified atom stereocenters. The molecule has 2 aromatic heterocycles. The van der Waals surface area contributed by atoms with Gasteiger partial charge in [-0.2, -0.15) is 0 Å². The summed E-state index contributed by atoms with van der Waals surface area (Å²) in [4.78, 5) is 23.2. The number of pyridine rings is 2. The minimum absolute atomic E-state index is 0.0775. The lowest BCUT2D eigenvalue weighted by molar-refractivity contribution is -0.125. The average molecular weight is 389 g/mol. The number of halogens is 1. The highest BCUT2D eigenvalue weighted by Crippen LogP contribution is 2.26. The molecule has 24 heavy (non-hydrogen) atoms. The van der Waals surface area contributed by atoms with Gasteiger partial charge in [-0.05, 0) is 59.0 Å². The molecule has 1 aliphatic heterocycles. The van der Waals surface area contributed by atoms with E-state index in [4.69, 9.17) is 0 Å². The fourth-order valence-corrected chi connectivity index (χ4v) is 3.50. The maximum Gasteiger partial charge on any atom is 0.223 e. The molecule has 3 heterocycles. The van der Waals surface area contributed by atoms with Crippen molar-refractivity contribution in [3.8, 4) is 0 Å². The number of hydrogen-bond acceptors (Lipinski definition) is 4. The fourth-order valence-electron chi connectivity index (χ4n) is 3.05. The number of piperidine rings is 1. The van der Waals surface area contributed by atoms with E-state index >= 15 is 0 Å². The Morgan fingerprint density at radius 2 is 2.17 bits per heavy atom. The second-order valence-electron chi connectivity index (χ2n) is 6.13. The third-order valence-corrected chi connectivity index (χ3v) is 4.81. The first-order valence-corrected chi connectivity index (χ1v) is 8.96. The topological polar surface area (TPSA) is 58.1 Å². The first-order valence-electron chi connectivity index (χ1n) is 8.17. The Hall–Kier alpha value is -1.95. The number of nitrogens with one attached hydrogen (secondary N) is 1. The number of hydrogen-bond donors (Lipinski definition) is 1. The molecule has 5 nitrogen and oxygen atoms in total. The molecule has 1 saturated heterocycles. The van der Waals surface area contributed by atoms with Crippen molar-refractivity contribution in [2.75, 3.05) is 18.0 Å². The van der Waals surface area contributed by atoms with Crippen LogP contribution in [0.25, 0.3) is 0 Å². The summed E-state index contributed by atoms with van der Waals surface area (Å²) in [5, 5.41) is 3.02. The van der Waals surface area contributed by atoms with Crippen molar-refractivity contribution >= 4 is 27.7 Å². The quantitative estimate of drug-likeness (QED) is 0.873. The minimum Gasteiger partial charge on any atom is -0.356 e. The van der Waals surface area contributed by atoms with Crippen LogP contribution in [-0.4, -0.2) is 29.0 Å². The largest absolute Gasteiger partial charge is 0.356 e. The first-order chi connectivity index (χ1) is 11.6. The van der Waals surface area contributed by atoms with Crippen LogP contribution in [-0.2, 0) is 11.3 Å². The van der Waals surface area contributed by atoms with Crippen molar-refractivity contribution in [1.82, 2.24) is 15.3 Å². The summed E-state index contributed by atoms with van der Waals surface area (Å²) >= 11 is 3.45. The Bertz CT molecular complexity index is 699. The number of anilines is 1. The summed E-state index contributed by atoms with van der Waals surface area (Å²) in [5.41, 5.74) is 2.18. The second-order valence-corrected chi connectivity index (χ2v) is 7.05. The lowest BCUT2D eigenvalue weighted by Crippen LogP contribution is -2.40. The van der Waals surface area contributed by atoms with Gasteiger partial charge in [0.1, 0.15) is 5.82 Å². The van der Waals surface area contributed by atoms with E-state index in [9.17, 15) is 4.79 Å². The highest BCUT2D eigenvalue weighted by molar-refractivity contribution is 9.10. The van der Waals surface area contributed by atoms with E-state index in [0.717, 1.165) is 47.3 Å². The SMILES string of the molecule is Cc1cc(Br)cnc1N1CCC(C(=O)NCc2cccnc2)CC1. The number of aryl methyl sites for hydroxylation is 1. The number of rotatable bonds is 4.